The number of hydrogen-bond acceptors (Lipinski definition) is 6. The fourth-order valence-corrected chi connectivity index (χ4v) is 5.26. The number of anilines is 3. The number of fused-ring (bicyclic) bond motifs is 3. The summed E-state index contributed by atoms with van der Waals surface area (Å²) in [6, 6.07) is 7.20. The molecule has 2 amide bonds. The van der Waals surface area contributed by atoms with E-state index in [1.165, 1.54) is 0 Å². The first-order valence-corrected chi connectivity index (χ1v) is 12.2. The number of aromatic nitrogens is 2. The van der Waals surface area contributed by atoms with Crippen LogP contribution in [-0.4, -0.2) is 41.5 Å². The molecule has 10 heteroatoms. The SMILES string of the molecule is COc1c(Cl)cccc1Nc1c2[nH]c3c1C(=O)NCC3C/C=C\CCC1Oc3c-2ccnc3NC1=O. The normalized spacial score (nSPS) is 21.1. The fraction of sp³-hybridized carbons (Fsp3) is 0.269. The zero-order chi connectivity index (χ0) is 24.8. The maximum Gasteiger partial charge on any atom is 0.266 e. The number of halogens is 1. The second-order valence-corrected chi connectivity index (χ2v) is 9.34. The molecule has 0 saturated heterocycles. The van der Waals surface area contributed by atoms with Crippen molar-refractivity contribution in [1.29, 1.82) is 0 Å². The number of carbonyl (C=O) groups is 2. The van der Waals surface area contributed by atoms with Crippen molar-refractivity contribution in [1.82, 2.24) is 15.3 Å². The molecule has 4 bridgehead atoms. The molecule has 0 aliphatic carbocycles. The fourth-order valence-electron chi connectivity index (χ4n) is 5.01. The summed E-state index contributed by atoms with van der Waals surface area (Å²) in [4.78, 5) is 33.7. The summed E-state index contributed by atoms with van der Waals surface area (Å²) < 4.78 is 11.8. The Balaban J connectivity index is 1.60. The standard InChI is InChI=1S/C26H24ClN5O4/c1-35-23-15(27)7-5-8-16(23)30-21-18-19-13(12-29-26(18)34)6-3-2-4-9-17-25(33)32-24-22(36-17)14(10-11-28-24)20(21)31-19/h2-3,5,7-8,10-11,13,17,30-31H,4,6,9,12H2,1H3,(H,29,34)(H,28,32,33)/b3-2-. The molecule has 184 valence electrons. The number of aromatic amines is 1. The van der Waals surface area contributed by atoms with E-state index in [0.717, 1.165) is 12.1 Å². The number of carbonyl (C=O) groups excluding carboxylic acids is 2. The van der Waals surface area contributed by atoms with Crippen LogP contribution in [0.2, 0.25) is 5.02 Å². The van der Waals surface area contributed by atoms with E-state index in [9.17, 15) is 9.59 Å². The molecule has 3 aliphatic heterocycles. The predicted molar refractivity (Wildman–Crippen MR) is 136 cm³/mol. The van der Waals surface area contributed by atoms with Crippen molar-refractivity contribution in [3.63, 3.8) is 0 Å². The molecule has 0 spiro atoms. The Morgan fingerprint density at radius 3 is 2.97 bits per heavy atom. The third kappa shape index (κ3) is 3.67. The van der Waals surface area contributed by atoms with Crippen molar-refractivity contribution < 1.29 is 19.1 Å². The van der Waals surface area contributed by atoms with Crippen LogP contribution in [0.3, 0.4) is 0 Å². The number of nitrogens with zero attached hydrogens (tertiary/aromatic N) is 1. The van der Waals surface area contributed by atoms with Crippen LogP contribution in [0.1, 0.15) is 41.2 Å². The maximum atomic E-state index is 13.2. The van der Waals surface area contributed by atoms with E-state index in [1.54, 1.807) is 19.4 Å². The van der Waals surface area contributed by atoms with Gasteiger partial charge < -0.3 is 30.4 Å². The van der Waals surface area contributed by atoms with Crippen molar-refractivity contribution in [3.8, 4) is 22.8 Å². The zero-order valence-electron chi connectivity index (χ0n) is 19.5. The lowest BCUT2D eigenvalue weighted by atomic mass is 9.93. The average Bonchev–Trinajstić information content (AvgIpc) is 3.25. The van der Waals surface area contributed by atoms with Gasteiger partial charge in [0.25, 0.3) is 11.8 Å². The summed E-state index contributed by atoms with van der Waals surface area (Å²) in [5.41, 5.74) is 3.87. The van der Waals surface area contributed by atoms with Crippen LogP contribution in [0.25, 0.3) is 11.3 Å². The smallest absolute Gasteiger partial charge is 0.266 e. The Bertz CT molecular complexity index is 1420. The maximum absolute atomic E-state index is 13.2. The van der Waals surface area contributed by atoms with Gasteiger partial charge in [-0.3, -0.25) is 9.59 Å². The first-order valence-electron chi connectivity index (χ1n) is 11.8. The zero-order valence-corrected chi connectivity index (χ0v) is 20.2. The highest BCUT2D eigenvalue weighted by molar-refractivity contribution is 6.32. The summed E-state index contributed by atoms with van der Waals surface area (Å²) in [6.45, 7) is 0.518. The highest BCUT2D eigenvalue weighted by Gasteiger charge is 2.36. The van der Waals surface area contributed by atoms with Crippen LogP contribution >= 0.6 is 11.6 Å². The van der Waals surface area contributed by atoms with Gasteiger partial charge in [0.15, 0.2) is 23.4 Å². The Hall–Kier alpha value is -3.98. The van der Waals surface area contributed by atoms with Crippen molar-refractivity contribution in [2.45, 2.75) is 31.3 Å². The van der Waals surface area contributed by atoms with Gasteiger partial charge in [-0.05, 0) is 37.5 Å². The van der Waals surface area contributed by atoms with Crippen molar-refractivity contribution >= 4 is 40.6 Å². The van der Waals surface area contributed by atoms with Crippen LogP contribution in [0.5, 0.6) is 11.5 Å². The van der Waals surface area contributed by atoms with Gasteiger partial charge in [0.05, 0.1) is 34.8 Å². The van der Waals surface area contributed by atoms with Crippen molar-refractivity contribution in [2.75, 3.05) is 24.3 Å². The summed E-state index contributed by atoms with van der Waals surface area (Å²) >= 11 is 6.38. The van der Waals surface area contributed by atoms with Crippen molar-refractivity contribution in [3.05, 3.63) is 58.9 Å². The molecule has 2 atom stereocenters. The van der Waals surface area contributed by atoms with Crippen LogP contribution in [0.15, 0.2) is 42.6 Å². The Morgan fingerprint density at radius 1 is 1.22 bits per heavy atom. The first-order chi connectivity index (χ1) is 17.5. The largest absolute Gasteiger partial charge is 0.493 e. The average molecular weight is 506 g/mol. The highest BCUT2D eigenvalue weighted by atomic mass is 35.5. The second-order valence-electron chi connectivity index (χ2n) is 8.93. The molecule has 6 rings (SSSR count). The number of nitrogens with one attached hydrogen (secondary N) is 4. The first kappa shape index (κ1) is 22.5. The molecule has 3 aromatic rings. The second kappa shape index (κ2) is 8.91. The van der Waals surface area contributed by atoms with Crippen LogP contribution in [0, 0.1) is 0 Å². The number of benzene rings is 1. The predicted octanol–water partition coefficient (Wildman–Crippen LogP) is 4.75. The van der Waals surface area contributed by atoms with Gasteiger partial charge in [0.1, 0.15) is 0 Å². The Morgan fingerprint density at radius 2 is 2.11 bits per heavy atom. The summed E-state index contributed by atoms with van der Waals surface area (Å²) in [5, 5.41) is 9.75. The number of amides is 2. The van der Waals surface area contributed by atoms with E-state index in [4.69, 9.17) is 21.1 Å². The molecule has 0 saturated carbocycles. The van der Waals surface area contributed by atoms with Gasteiger partial charge >= 0.3 is 0 Å². The number of rotatable bonds is 3. The molecule has 5 heterocycles. The lowest BCUT2D eigenvalue weighted by molar-refractivity contribution is -0.123. The molecule has 3 aliphatic rings. The Labute approximate surface area is 212 Å². The molecule has 2 aromatic heterocycles. The topological polar surface area (TPSA) is 117 Å². The quantitative estimate of drug-likeness (QED) is 0.382. The third-order valence-corrected chi connectivity index (χ3v) is 7.05. The van der Waals surface area contributed by atoms with Gasteiger partial charge in [-0.2, -0.15) is 0 Å². The van der Waals surface area contributed by atoms with Gasteiger partial charge in [-0.1, -0.05) is 29.8 Å². The lowest BCUT2D eigenvalue weighted by Gasteiger charge is -2.27. The van der Waals surface area contributed by atoms with E-state index in [-0.39, 0.29) is 17.7 Å². The van der Waals surface area contributed by atoms with E-state index in [0.29, 0.717) is 69.9 Å². The minimum Gasteiger partial charge on any atom is -0.493 e. The number of H-pyrrole nitrogens is 1. The lowest BCUT2D eigenvalue weighted by Crippen LogP contribution is -2.37. The number of methoxy groups -OCH3 is 1. The molecular formula is C26H24ClN5O4. The molecule has 0 fully saturated rings. The van der Waals surface area contributed by atoms with E-state index >= 15 is 0 Å². The van der Waals surface area contributed by atoms with E-state index in [2.05, 4.69) is 38.1 Å². The van der Waals surface area contributed by atoms with Gasteiger partial charge in [-0.15, -0.1) is 0 Å². The Kier molecular flexibility index (Phi) is 5.56. The number of allylic oxidation sites excluding steroid dienone is 2. The summed E-state index contributed by atoms with van der Waals surface area (Å²) in [5.74, 6) is 0.921. The van der Waals surface area contributed by atoms with Gasteiger partial charge in [0.2, 0.25) is 0 Å². The molecule has 0 radical (unpaired) electrons. The van der Waals surface area contributed by atoms with Crippen molar-refractivity contribution in [2.24, 2.45) is 0 Å². The molecule has 2 unspecified atom stereocenters. The van der Waals surface area contributed by atoms with Crippen LogP contribution < -0.4 is 25.4 Å². The summed E-state index contributed by atoms with van der Waals surface area (Å²) in [7, 11) is 1.54. The van der Waals surface area contributed by atoms with E-state index in [1.807, 2.05) is 18.2 Å². The van der Waals surface area contributed by atoms with Gasteiger partial charge in [-0.25, -0.2) is 4.98 Å². The minimum absolute atomic E-state index is 0.0524. The number of hydrogen-bond donors (Lipinski definition) is 4. The minimum atomic E-state index is -0.642. The van der Waals surface area contributed by atoms with Crippen LogP contribution in [0.4, 0.5) is 17.2 Å². The summed E-state index contributed by atoms with van der Waals surface area (Å²) in [6.07, 6.45) is 7.10. The number of para-hydroxylation sites is 1. The van der Waals surface area contributed by atoms with Gasteiger partial charge in [0, 0.05) is 29.9 Å². The number of pyridine rings is 1. The van der Waals surface area contributed by atoms with Crippen LogP contribution in [-0.2, 0) is 4.79 Å². The highest BCUT2D eigenvalue weighted by Crippen LogP contribution is 2.47. The molecule has 36 heavy (non-hydrogen) atoms. The molecule has 9 nitrogen and oxygen atoms in total. The van der Waals surface area contributed by atoms with E-state index < -0.39 is 6.10 Å². The molecular weight excluding hydrogens is 482 g/mol. The third-order valence-electron chi connectivity index (χ3n) is 6.75. The monoisotopic (exact) mass is 505 g/mol. The molecule has 1 aromatic carbocycles. The molecule has 4 N–H and O–H groups in total. The number of ether oxygens (including phenoxy) is 2.